The Morgan fingerprint density at radius 1 is 1.22 bits per heavy atom. The van der Waals surface area contributed by atoms with Crippen molar-refractivity contribution in [2.45, 2.75) is 44.8 Å². The number of nitrogens with zero attached hydrogens (tertiary/aromatic N) is 2. The lowest BCUT2D eigenvalue weighted by Gasteiger charge is -2.38. The third-order valence-electron chi connectivity index (χ3n) is 6.22. The lowest BCUT2D eigenvalue weighted by atomic mass is 9.97. The maximum Gasteiger partial charge on any atom is 0.191 e. The number of benzene rings is 2. The van der Waals surface area contributed by atoms with E-state index >= 15 is 0 Å². The van der Waals surface area contributed by atoms with Gasteiger partial charge in [-0.25, -0.2) is 4.39 Å². The van der Waals surface area contributed by atoms with Gasteiger partial charge < -0.3 is 15.6 Å². The third kappa shape index (κ3) is 6.22. The predicted molar refractivity (Wildman–Crippen MR) is 141 cm³/mol. The SMILES string of the molecule is CN=C(NCCc1c[nH]c2ccc(F)cc12)NC1CCN(Cc2ccccc2)C(C)C1.I. The van der Waals surface area contributed by atoms with E-state index in [-0.39, 0.29) is 29.8 Å². The summed E-state index contributed by atoms with van der Waals surface area (Å²) in [4.78, 5) is 10.2. The van der Waals surface area contributed by atoms with Crippen LogP contribution in [0.4, 0.5) is 4.39 Å². The van der Waals surface area contributed by atoms with Gasteiger partial charge in [-0.05, 0) is 55.5 Å². The fraction of sp³-hybridized carbons (Fsp3) is 0.400. The second-order valence-corrected chi connectivity index (χ2v) is 8.42. The van der Waals surface area contributed by atoms with E-state index in [9.17, 15) is 4.39 Å². The minimum atomic E-state index is -0.202. The average Bonchev–Trinajstić information content (AvgIpc) is 3.17. The normalized spacial score (nSPS) is 19.5. The molecule has 0 aliphatic carbocycles. The summed E-state index contributed by atoms with van der Waals surface area (Å²) in [6, 6.07) is 16.5. The van der Waals surface area contributed by atoms with E-state index in [4.69, 9.17) is 0 Å². The van der Waals surface area contributed by atoms with Crippen molar-refractivity contribution >= 4 is 40.8 Å². The monoisotopic (exact) mass is 549 g/mol. The van der Waals surface area contributed by atoms with E-state index in [1.54, 1.807) is 12.1 Å². The molecule has 1 aromatic heterocycles. The molecule has 0 spiro atoms. The van der Waals surface area contributed by atoms with Crippen molar-refractivity contribution in [3.05, 3.63) is 71.7 Å². The van der Waals surface area contributed by atoms with Crippen LogP contribution in [0.25, 0.3) is 10.9 Å². The number of guanidine groups is 1. The number of halogens is 2. The highest BCUT2D eigenvalue weighted by atomic mass is 127. The topological polar surface area (TPSA) is 55.5 Å². The van der Waals surface area contributed by atoms with Gasteiger partial charge in [0.25, 0.3) is 0 Å². The molecule has 4 rings (SSSR count). The van der Waals surface area contributed by atoms with Gasteiger partial charge in [-0.3, -0.25) is 9.89 Å². The van der Waals surface area contributed by atoms with Crippen LogP contribution >= 0.6 is 24.0 Å². The number of hydrogen-bond donors (Lipinski definition) is 3. The molecular weight excluding hydrogens is 516 g/mol. The fourth-order valence-corrected chi connectivity index (χ4v) is 4.47. The summed E-state index contributed by atoms with van der Waals surface area (Å²) in [5.74, 6) is 0.631. The van der Waals surface area contributed by atoms with Crippen LogP contribution in [0.3, 0.4) is 0 Å². The first-order valence-corrected chi connectivity index (χ1v) is 11.1. The number of aromatic nitrogens is 1. The van der Waals surface area contributed by atoms with Crippen molar-refractivity contribution < 1.29 is 4.39 Å². The van der Waals surface area contributed by atoms with Gasteiger partial charge in [0, 0.05) is 55.9 Å². The van der Waals surface area contributed by atoms with Gasteiger partial charge in [-0.1, -0.05) is 30.3 Å². The zero-order valence-electron chi connectivity index (χ0n) is 18.8. The second kappa shape index (κ2) is 11.7. The summed E-state index contributed by atoms with van der Waals surface area (Å²) in [6.45, 7) is 5.13. The summed E-state index contributed by atoms with van der Waals surface area (Å²) < 4.78 is 13.6. The van der Waals surface area contributed by atoms with E-state index in [0.717, 1.165) is 61.3 Å². The van der Waals surface area contributed by atoms with Crippen LogP contribution in [0, 0.1) is 5.82 Å². The van der Waals surface area contributed by atoms with E-state index < -0.39 is 0 Å². The fourth-order valence-electron chi connectivity index (χ4n) is 4.47. The zero-order valence-corrected chi connectivity index (χ0v) is 21.1. The Hall–Kier alpha value is -2.13. The van der Waals surface area contributed by atoms with Crippen molar-refractivity contribution in [1.29, 1.82) is 0 Å². The lowest BCUT2D eigenvalue weighted by molar-refractivity contribution is 0.134. The average molecular weight is 549 g/mol. The molecule has 2 aromatic carbocycles. The third-order valence-corrected chi connectivity index (χ3v) is 6.22. The first kappa shape index (κ1) is 24.5. The Kier molecular flexibility index (Phi) is 8.92. The van der Waals surface area contributed by atoms with Crippen molar-refractivity contribution in [2.24, 2.45) is 4.99 Å². The summed E-state index contributed by atoms with van der Waals surface area (Å²) in [7, 11) is 1.81. The first-order valence-electron chi connectivity index (χ1n) is 11.1. The summed E-state index contributed by atoms with van der Waals surface area (Å²) >= 11 is 0. The van der Waals surface area contributed by atoms with Gasteiger partial charge in [0.05, 0.1) is 0 Å². The van der Waals surface area contributed by atoms with Crippen LogP contribution in [0.2, 0.25) is 0 Å². The van der Waals surface area contributed by atoms with Crippen molar-refractivity contribution in [3.8, 4) is 0 Å². The molecule has 32 heavy (non-hydrogen) atoms. The van der Waals surface area contributed by atoms with Crippen LogP contribution in [0.1, 0.15) is 30.9 Å². The Morgan fingerprint density at radius 2 is 2.03 bits per heavy atom. The largest absolute Gasteiger partial charge is 0.361 e. The number of H-pyrrole nitrogens is 1. The van der Waals surface area contributed by atoms with Gasteiger partial charge in [0.1, 0.15) is 5.82 Å². The van der Waals surface area contributed by atoms with Gasteiger partial charge in [0.15, 0.2) is 5.96 Å². The van der Waals surface area contributed by atoms with E-state index in [1.165, 1.54) is 11.6 Å². The lowest BCUT2D eigenvalue weighted by Crippen LogP contribution is -2.51. The molecule has 2 heterocycles. The Labute approximate surface area is 206 Å². The summed E-state index contributed by atoms with van der Waals surface area (Å²) in [5, 5.41) is 7.96. The number of hydrogen-bond acceptors (Lipinski definition) is 2. The van der Waals surface area contributed by atoms with E-state index in [0.29, 0.717) is 12.1 Å². The maximum atomic E-state index is 13.6. The Bertz CT molecular complexity index is 1020. The Balaban J connectivity index is 0.00000289. The van der Waals surface area contributed by atoms with Gasteiger partial charge >= 0.3 is 0 Å². The standard InChI is InChI=1S/C25H32FN5.HI/c1-18-14-22(11-13-31(18)17-19-6-4-3-5-7-19)30-25(27-2)28-12-10-20-16-29-24-9-8-21(26)15-23(20)24;/h3-9,15-16,18,22,29H,10-14,17H2,1-2H3,(H2,27,28,30);1H. The summed E-state index contributed by atoms with van der Waals surface area (Å²) in [6.07, 6.45) is 4.96. The molecule has 2 unspecified atom stereocenters. The quantitative estimate of drug-likeness (QED) is 0.238. The van der Waals surface area contributed by atoms with E-state index in [2.05, 4.69) is 62.8 Å². The molecule has 0 radical (unpaired) electrons. The minimum Gasteiger partial charge on any atom is -0.361 e. The first-order chi connectivity index (χ1) is 15.1. The zero-order chi connectivity index (χ0) is 21.6. The molecule has 3 aromatic rings. The molecule has 5 nitrogen and oxygen atoms in total. The number of rotatable bonds is 6. The molecule has 1 saturated heterocycles. The molecule has 172 valence electrons. The van der Waals surface area contributed by atoms with Crippen molar-refractivity contribution in [3.63, 3.8) is 0 Å². The van der Waals surface area contributed by atoms with Crippen LogP contribution in [0.15, 0.2) is 59.7 Å². The molecule has 0 amide bonds. The predicted octanol–water partition coefficient (Wildman–Crippen LogP) is 4.69. The maximum absolute atomic E-state index is 13.6. The highest BCUT2D eigenvalue weighted by molar-refractivity contribution is 14.0. The van der Waals surface area contributed by atoms with Crippen molar-refractivity contribution in [1.82, 2.24) is 20.5 Å². The van der Waals surface area contributed by atoms with Crippen LogP contribution in [-0.4, -0.2) is 48.1 Å². The molecule has 7 heteroatoms. The van der Waals surface area contributed by atoms with E-state index in [1.807, 2.05) is 13.2 Å². The highest BCUT2D eigenvalue weighted by Gasteiger charge is 2.25. The Morgan fingerprint density at radius 3 is 2.78 bits per heavy atom. The molecular formula is C25H33FIN5. The molecule has 0 saturated carbocycles. The minimum absolute atomic E-state index is 0. The second-order valence-electron chi connectivity index (χ2n) is 8.42. The van der Waals surface area contributed by atoms with Crippen LogP contribution in [0.5, 0.6) is 0 Å². The molecule has 1 aliphatic rings. The number of aromatic amines is 1. The number of likely N-dealkylation sites (tertiary alicyclic amines) is 1. The molecule has 1 fully saturated rings. The number of nitrogens with one attached hydrogen (secondary N) is 3. The van der Waals surface area contributed by atoms with Gasteiger partial charge in [-0.15, -0.1) is 24.0 Å². The molecule has 1 aliphatic heterocycles. The molecule has 2 atom stereocenters. The van der Waals surface area contributed by atoms with Crippen LogP contribution in [-0.2, 0) is 13.0 Å². The highest BCUT2D eigenvalue weighted by Crippen LogP contribution is 2.21. The summed E-state index contributed by atoms with van der Waals surface area (Å²) in [5.41, 5.74) is 3.45. The number of fused-ring (bicyclic) bond motifs is 1. The molecule has 0 bridgehead atoms. The van der Waals surface area contributed by atoms with Crippen molar-refractivity contribution in [2.75, 3.05) is 20.1 Å². The van der Waals surface area contributed by atoms with Gasteiger partial charge in [0.2, 0.25) is 0 Å². The number of piperidine rings is 1. The molecule has 3 N–H and O–H groups in total. The number of aliphatic imine (C=N–C) groups is 1. The van der Waals surface area contributed by atoms with Crippen LogP contribution < -0.4 is 10.6 Å². The smallest absolute Gasteiger partial charge is 0.191 e. The van der Waals surface area contributed by atoms with Gasteiger partial charge in [-0.2, -0.15) is 0 Å².